The maximum atomic E-state index is 11.1. The highest BCUT2D eigenvalue weighted by Gasteiger charge is 2.13. The number of benzene rings is 1. The molecule has 0 radical (unpaired) electrons. The van der Waals surface area contributed by atoms with Crippen LogP contribution in [0.1, 0.15) is 26.3 Å². The van der Waals surface area contributed by atoms with Crippen molar-refractivity contribution in [3.63, 3.8) is 0 Å². The maximum absolute atomic E-state index is 11.1. The van der Waals surface area contributed by atoms with Crippen LogP contribution in [0.5, 0.6) is 5.75 Å². The van der Waals surface area contributed by atoms with E-state index in [0.717, 1.165) is 21.1 Å². The number of halogens is 2. The van der Waals surface area contributed by atoms with Gasteiger partial charge in [-0.05, 0) is 70.3 Å². The largest absolute Gasteiger partial charge is 0.490 e. The zero-order valence-electron chi connectivity index (χ0n) is 12.7. The molecule has 0 atom stereocenters. The minimum Gasteiger partial charge on any atom is -0.490 e. The standard InChI is InChI=1S/C14H21Br2NO3S/c1-14(2,3)17-9-10-7-11(15)13(12(16)8-10)20-5-6-21(4,18)19/h7-8,17H,5-6,9H2,1-4H3. The zero-order valence-corrected chi connectivity index (χ0v) is 16.7. The van der Waals surface area contributed by atoms with Gasteiger partial charge in [0.1, 0.15) is 12.4 Å². The van der Waals surface area contributed by atoms with E-state index in [9.17, 15) is 8.42 Å². The summed E-state index contributed by atoms with van der Waals surface area (Å²) in [6.07, 6.45) is 1.20. The van der Waals surface area contributed by atoms with Crippen LogP contribution in [0, 0.1) is 0 Å². The van der Waals surface area contributed by atoms with Crippen molar-refractivity contribution in [3.8, 4) is 5.75 Å². The Hall–Kier alpha value is -0.110. The minimum atomic E-state index is -3.02. The molecule has 0 saturated heterocycles. The van der Waals surface area contributed by atoms with E-state index in [4.69, 9.17) is 4.74 Å². The topological polar surface area (TPSA) is 55.4 Å². The number of hydrogen-bond donors (Lipinski definition) is 1. The fourth-order valence-electron chi connectivity index (χ4n) is 1.51. The molecule has 21 heavy (non-hydrogen) atoms. The Morgan fingerprint density at radius 1 is 1.19 bits per heavy atom. The van der Waals surface area contributed by atoms with E-state index in [0.29, 0.717) is 5.75 Å². The van der Waals surface area contributed by atoms with Crippen LogP contribution < -0.4 is 10.1 Å². The van der Waals surface area contributed by atoms with Crippen molar-refractivity contribution < 1.29 is 13.2 Å². The molecule has 0 aliphatic carbocycles. The molecule has 0 bridgehead atoms. The molecule has 0 aromatic heterocycles. The average molecular weight is 443 g/mol. The van der Waals surface area contributed by atoms with Crippen molar-refractivity contribution >= 4 is 41.7 Å². The van der Waals surface area contributed by atoms with E-state index in [-0.39, 0.29) is 17.9 Å². The highest BCUT2D eigenvalue weighted by atomic mass is 79.9. The second kappa shape index (κ2) is 7.44. The summed E-state index contributed by atoms with van der Waals surface area (Å²) >= 11 is 6.93. The summed E-state index contributed by atoms with van der Waals surface area (Å²) in [7, 11) is -3.02. The maximum Gasteiger partial charge on any atom is 0.150 e. The first-order valence-electron chi connectivity index (χ1n) is 6.51. The van der Waals surface area contributed by atoms with E-state index in [1.807, 2.05) is 12.1 Å². The Morgan fingerprint density at radius 3 is 2.14 bits per heavy atom. The van der Waals surface area contributed by atoms with Crippen LogP contribution in [0.25, 0.3) is 0 Å². The molecule has 1 aromatic rings. The predicted molar refractivity (Wildman–Crippen MR) is 93.6 cm³/mol. The zero-order chi connectivity index (χ0) is 16.3. The first-order valence-corrected chi connectivity index (χ1v) is 10.2. The summed E-state index contributed by atoms with van der Waals surface area (Å²) in [6.45, 7) is 7.21. The van der Waals surface area contributed by atoms with Crippen LogP contribution in [-0.4, -0.2) is 32.6 Å². The lowest BCUT2D eigenvalue weighted by atomic mass is 10.1. The number of hydrogen-bond acceptors (Lipinski definition) is 4. The Kier molecular flexibility index (Phi) is 6.71. The molecule has 0 fully saturated rings. The molecule has 4 nitrogen and oxygen atoms in total. The number of nitrogens with one attached hydrogen (secondary N) is 1. The molecule has 0 heterocycles. The Morgan fingerprint density at radius 2 is 1.71 bits per heavy atom. The SMILES string of the molecule is CC(C)(C)NCc1cc(Br)c(OCCS(C)(=O)=O)c(Br)c1. The molecule has 1 N–H and O–H groups in total. The van der Waals surface area contributed by atoms with Gasteiger partial charge in [-0.2, -0.15) is 0 Å². The molecule has 0 aliphatic heterocycles. The third kappa shape index (κ3) is 7.63. The van der Waals surface area contributed by atoms with Gasteiger partial charge in [0.2, 0.25) is 0 Å². The molecule has 0 unspecified atom stereocenters. The Balaban J connectivity index is 2.76. The monoisotopic (exact) mass is 441 g/mol. The molecule has 0 spiro atoms. The Labute approximate surface area is 143 Å². The van der Waals surface area contributed by atoms with Gasteiger partial charge in [0, 0.05) is 18.3 Å². The molecule has 1 aromatic carbocycles. The lowest BCUT2D eigenvalue weighted by Crippen LogP contribution is -2.35. The second-order valence-corrected chi connectivity index (χ2v) is 9.94. The van der Waals surface area contributed by atoms with Crippen molar-refractivity contribution in [2.45, 2.75) is 32.9 Å². The third-order valence-electron chi connectivity index (χ3n) is 2.58. The number of sulfone groups is 1. The van der Waals surface area contributed by atoms with E-state index < -0.39 is 9.84 Å². The molecular formula is C14H21Br2NO3S. The van der Waals surface area contributed by atoms with Gasteiger partial charge in [-0.1, -0.05) is 0 Å². The molecule has 1 rings (SSSR count). The highest BCUT2D eigenvalue weighted by Crippen LogP contribution is 2.34. The minimum absolute atomic E-state index is 0.000783. The van der Waals surface area contributed by atoms with Crippen LogP contribution >= 0.6 is 31.9 Å². The van der Waals surface area contributed by atoms with Gasteiger partial charge >= 0.3 is 0 Å². The summed E-state index contributed by atoms with van der Waals surface area (Å²) < 4.78 is 29.4. The van der Waals surface area contributed by atoms with Crippen molar-refractivity contribution in [2.24, 2.45) is 0 Å². The van der Waals surface area contributed by atoms with E-state index in [1.165, 1.54) is 6.26 Å². The van der Waals surface area contributed by atoms with E-state index in [1.54, 1.807) is 0 Å². The fraction of sp³-hybridized carbons (Fsp3) is 0.571. The summed E-state index contributed by atoms with van der Waals surface area (Å²) in [5.74, 6) is 0.623. The van der Waals surface area contributed by atoms with Crippen LogP contribution in [0.15, 0.2) is 21.1 Å². The summed E-state index contributed by atoms with van der Waals surface area (Å²) in [5, 5.41) is 3.41. The smallest absolute Gasteiger partial charge is 0.150 e. The van der Waals surface area contributed by atoms with Gasteiger partial charge in [0.15, 0.2) is 9.84 Å². The van der Waals surface area contributed by atoms with Crippen molar-refractivity contribution in [2.75, 3.05) is 18.6 Å². The normalized spacial score (nSPS) is 12.5. The number of rotatable bonds is 6. The lowest BCUT2D eigenvalue weighted by Gasteiger charge is -2.21. The van der Waals surface area contributed by atoms with Crippen molar-refractivity contribution in [3.05, 3.63) is 26.6 Å². The molecule has 120 valence electrons. The fourth-order valence-corrected chi connectivity index (χ4v) is 3.41. The summed E-state index contributed by atoms with van der Waals surface area (Å²) in [5.41, 5.74) is 1.16. The van der Waals surface area contributed by atoms with Gasteiger partial charge in [0.25, 0.3) is 0 Å². The Bertz CT molecular complexity index is 572. The summed E-state index contributed by atoms with van der Waals surface area (Å²) in [6, 6.07) is 3.94. The van der Waals surface area contributed by atoms with Gasteiger partial charge in [0.05, 0.1) is 14.7 Å². The highest BCUT2D eigenvalue weighted by molar-refractivity contribution is 9.11. The van der Waals surface area contributed by atoms with Crippen molar-refractivity contribution in [1.29, 1.82) is 0 Å². The van der Waals surface area contributed by atoms with Crippen LogP contribution in [0.3, 0.4) is 0 Å². The van der Waals surface area contributed by atoms with E-state index in [2.05, 4.69) is 57.9 Å². The molecule has 0 saturated carbocycles. The van der Waals surface area contributed by atoms with Gasteiger partial charge in [-0.25, -0.2) is 8.42 Å². The van der Waals surface area contributed by atoms with Crippen LogP contribution in [0.4, 0.5) is 0 Å². The number of ether oxygens (including phenoxy) is 1. The summed E-state index contributed by atoms with van der Waals surface area (Å²) in [4.78, 5) is 0. The predicted octanol–water partition coefficient (Wildman–Crippen LogP) is 3.52. The van der Waals surface area contributed by atoms with Gasteiger partial charge in [-0.15, -0.1) is 0 Å². The average Bonchev–Trinajstić information content (AvgIpc) is 2.28. The quantitative estimate of drug-likeness (QED) is 0.732. The van der Waals surface area contributed by atoms with Crippen molar-refractivity contribution in [1.82, 2.24) is 5.32 Å². The molecule has 0 amide bonds. The van der Waals surface area contributed by atoms with Crippen LogP contribution in [0.2, 0.25) is 0 Å². The van der Waals surface area contributed by atoms with Crippen LogP contribution in [-0.2, 0) is 16.4 Å². The molecule has 0 aliphatic rings. The van der Waals surface area contributed by atoms with E-state index >= 15 is 0 Å². The van der Waals surface area contributed by atoms with Gasteiger partial charge in [-0.3, -0.25) is 0 Å². The van der Waals surface area contributed by atoms with Gasteiger partial charge < -0.3 is 10.1 Å². The lowest BCUT2D eigenvalue weighted by molar-refractivity contribution is 0.336. The molecular weight excluding hydrogens is 422 g/mol. The third-order valence-corrected chi connectivity index (χ3v) is 4.67. The first-order chi connectivity index (χ1) is 9.48. The second-order valence-electron chi connectivity index (χ2n) is 5.97. The first kappa shape index (κ1) is 18.9. The molecule has 7 heteroatoms.